The van der Waals surface area contributed by atoms with Crippen molar-refractivity contribution in [2.45, 2.75) is 25.3 Å². The van der Waals surface area contributed by atoms with Crippen LogP contribution in [0.25, 0.3) is 0 Å². The van der Waals surface area contributed by atoms with E-state index in [0.717, 1.165) is 22.4 Å². The van der Waals surface area contributed by atoms with Gasteiger partial charge in [-0.15, -0.1) is 0 Å². The van der Waals surface area contributed by atoms with Crippen molar-refractivity contribution in [2.75, 3.05) is 19.0 Å². The normalized spacial score (nSPS) is 17.9. The second-order valence-corrected chi connectivity index (χ2v) is 6.76. The molecule has 3 rings (SSSR count). The van der Waals surface area contributed by atoms with Crippen LogP contribution >= 0.6 is 0 Å². The highest BCUT2D eigenvalue weighted by atomic mass is 16.5. The number of aryl methyl sites for hydroxylation is 1. The number of carbonyl (C=O) groups excluding carboxylic acids is 2. The van der Waals surface area contributed by atoms with E-state index >= 15 is 0 Å². The first kappa shape index (κ1) is 18.7. The van der Waals surface area contributed by atoms with Crippen LogP contribution in [-0.4, -0.2) is 30.8 Å². The molecule has 0 spiro atoms. The Kier molecular flexibility index (Phi) is 5.05. The average Bonchev–Trinajstić information content (AvgIpc) is 3.00. The molecule has 5 N–H and O–H groups in total. The number of amides is 3. The van der Waals surface area contributed by atoms with Crippen molar-refractivity contribution in [3.05, 3.63) is 58.7 Å². The first-order chi connectivity index (χ1) is 12.9. The molecular weight excluding hydrogens is 346 g/mol. The zero-order valence-electron chi connectivity index (χ0n) is 15.3. The minimum absolute atomic E-state index is 0.235. The number of aliphatic hydroxyl groups is 1. The van der Waals surface area contributed by atoms with E-state index < -0.39 is 17.5 Å². The number of nitrogens with two attached hydrogens (primary N) is 1. The zero-order chi connectivity index (χ0) is 19.6. The summed E-state index contributed by atoms with van der Waals surface area (Å²) >= 11 is 0. The van der Waals surface area contributed by atoms with E-state index in [9.17, 15) is 14.7 Å². The van der Waals surface area contributed by atoms with Gasteiger partial charge in [-0.1, -0.05) is 12.1 Å². The molecule has 0 saturated carbocycles. The Morgan fingerprint density at radius 1 is 1.30 bits per heavy atom. The van der Waals surface area contributed by atoms with Gasteiger partial charge in [0.1, 0.15) is 5.75 Å². The fraction of sp³-hybridized carbons (Fsp3) is 0.300. The Bertz CT molecular complexity index is 897. The maximum atomic E-state index is 12.6. The van der Waals surface area contributed by atoms with Gasteiger partial charge in [0.05, 0.1) is 19.3 Å². The fourth-order valence-corrected chi connectivity index (χ4v) is 3.65. The molecule has 142 valence electrons. The van der Waals surface area contributed by atoms with Gasteiger partial charge in [-0.2, -0.15) is 0 Å². The molecule has 1 atom stereocenters. The molecule has 3 amide bonds. The van der Waals surface area contributed by atoms with Crippen molar-refractivity contribution < 1.29 is 19.4 Å². The van der Waals surface area contributed by atoms with Gasteiger partial charge in [-0.05, 0) is 60.7 Å². The number of nitrogens with one attached hydrogen (secondary N) is 2. The lowest BCUT2D eigenvalue weighted by Crippen LogP contribution is -2.48. The standard InChI is InChI=1S/C20H23N3O4/c1-12-8-13(18(21)25)10-14(9-12)22-19(26)23-20(11-24)7-6-15-16(20)4-3-5-17(15)27-2/h3-5,8-10,24H,6-7,11H2,1-2H3,(H2,21,25)(H2,22,23,26). The summed E-state index contributed by atoms with van der Waals surface area (Å²) in [7, 11) is 1.60. The van der Waals surface area contributed by atoms with Crippen LogP contribution in [-0.2, 0) is 12.0 Å². The molecule has 27 heavy (non-hydrogen) atoms. The molecule has 2 aromatic rings. The lowest BCUT2D eigenvalue weighted by molar-refractivity contribution is 0.1000. The number of carbonyl (C=O) groups is 2. The molecule has 7 heteroatoms. The number of rotatable bonds is 5. The van der Waals surface area contributed by atoms with E-state index in [0.29, 0.717) is 24.1 Å². The van der Waals surface area contributed by atoms with Crippen molar-refractivity contribution in [3.63, 3.8) is 0 Å². The molecule has 2 aromatic carbocycles. The fourth-order valence-electron chi connectivity index (χ4n) is 3.65. The number of methoxy groups -OCH3 is 1. The summed E-state index contributed by atoms with van der Waals surface area (Å²) in [5.41, 5.74) is 7.85. The number of urea groups is 1. The first-order valence-electron chi connectivity index (χ1n) is 8.66. The van der Waals surface area contributed by atoms with Crippen molar-refractivity contribution in [3.8, 4) is 5.75 Å². The minimum atomic E-state index is -0.885. The molecule has 0 radical (unpaired) electrons. The molecule has 7 nitrogen and oxygen atoms in total. The summed E-state index contributed by atoms with van der Waals surface area (Å²) in [5.74, 6) is 0.181. The molecule has 1 aliphatic rings. The van der Waals surface area contributed by atoms with Gasteiger partial charge in [0, 0.05) is 11.3 Å². The van der Waals surface area contributed by atoms with Gasteiger partial charge in [-0.3, -0.25) is 4.79 Å². The van der Waals surface area contributed by atoms with E-state index in [4.69, 9.17) is 10.5 Å². The highest BCUT2D eigenvalue weighted by Gasteiger charge is 2.41. The maximum Gasteiger partial charge on any atom is 0.320 e. The van der Waals surface area contributed by atoms with Crippen LogP contribution in [0, 0.1) is 6.92 Å². The number of primary amides is 1. The summed E-state index contributed by atoms with van der Waals surface area (Å²) < 4.78 is 5.39. The van der Waals surface area contributed by atoms with Crippen molar-refractivity contribution in [1.82, 2.24) is 5.32 Å². The van der Waals surface area contributed by atoms with Crippen LogP contribution in [0.5, 0.6) is 5.75 Å². The Labute approximate surface area is 157 Å². The van der Waals surface area contributed by atoms with Crippen LogP contribution in [0.1, 0.15) is 33.5 Å². The molecule has 0 saturated heterocycles. The van der Waals surface area contributed by atoms with Gasteiger partial charge in [-0.25, -0.2) is 4.79 Å². The van der Waals surface area contributed by atoms with E-state index in [-0.39, 0.29) is 6.61 Å². The van der Waals surface area contributed by atoms with E-state index in [2.05, 4.69) is 10.6 Å². The lowest BCUT2D eigenvalue weighted by Gasteiger charge is -2.30. The molecule has 1 unspecified atom stereocenters. The van der Waals surface area contributed by atoms with Crippen LogP contribution in [0.4, 0.5) is 10.5 Å². The summed E-state index contributed by atoms with van der Waals surface area (Å²) in [6.45, 7) is 1.57. The maximum absolute atomic E-state index is 12.6. The molecule has 0 aromatic heterocycles. The zero-order valence-corrected chi connectivity index (χ0v) is 15.3. The van der Waals surface area contributed by atoms with E-state index in [1.807, 2.05) is 25.1 Å². The number of ether oxygens (including phenoxy) is 1. The summed E-state index contributed by atoms with van der Waals surface area (Å²) in [5, 5.41) is 15.7. The SMILES string of the molecule is COc1cccc2c1CCC2(CO)NC(=O)Nc1cc(C)cc(C(N)=O)c1. The van der Waals surface area contributed by atoms with Gasteiger partial charge in [0.2, 0.25) is 5.91 Å². The predicted octanol–water partition coefficient (Wildman–Crippen LogP) is 2.06. The van der Waals surface area contributed by atoms with Gasteiger partial charge in [0.25, 0.3) is 0 Å². The Balaban J connectivity index is 1.83. The van der Waals surface area contributed by atoms with Crippen LogP contribution < -0.4 is 21.1 Å². The third kappa shape index (κ3) is 3.59. The van der Waals surface area contributed by atoms with Gasteiger partial charge >= 0.3 is 6.03 Å². The molecule has 0 fully saturated rings. The summed E-state index contributed by atoms with van der Waals surface area (Å²) in [6.07, 6.45) is 1.25. The third-order valence-corrected chi connectivity index (χ3v) is 4.91. The predicted molar refractivity (Wildman–Crippen MR) is 102 cm³/mol. The second-order valence-electron chi connectivity index (χ2n) is 6.76. The number of hydrogen-bond acceptors (Lipinski definition) is 4. The summed E-state index contributed by atoms with van der Waals surface area (Å²) in [4.78, 5) is 24.0. The second kappa shape index (κ2) is 7.28. The number of hydrogen-bond donors (Lipinski definition) is 4. The van der Waals surface area contributed by atoms with Crippen LogP contribution in [0.2, 0.25) is 0 Å². The molecular formula is C20H23N3O4. The van der Waals surface area contributed by atoms with Crippen LogP contribution in [0.3, 0.4) is 0 Å². The molecule has 0 aliphatic heterocycles. The lowest BCUT2D eigenvalue weighted by atomic mass is 9.92. The highest BCUT2D eigenvalue weighted by molar-refractivity contribution is 5.96. The van der Waals surface area contributed by atoms with Gasteiger partial charge in [0.15, 0.2) is 0 Å². The Hall–Kier alpha value is -3.06. The first-order valence-corrected chi connectivity index (χ1v) is 8.66. The average molecular weight is 369 g/mol. The number of benzene rings is 2. The molecule has 0 heterocycles. The van der Waals surface area contributed by atoms with Crippen molar-refractivity contribution in [1.29, 1.82) is 0 Å². The molecule has 1 aliphatic carbocycles. The Morgan fingerprint density at radius 2 is 2.07 bits per heavy atom. The highest BCUT2D eigenvalue weighted by Crippen LogP contribution is 2.41. The number of anilines is 1. The summed E-state index contributed by atoms with van der Waals surface area (Å²) in [6, 6.07) is 10.0. The van der Waals surface area contributed by atoms with Gasteiger partial charge < -0.3 is 26.2 Å². The van der Waals surface area contributed by atoms with E-state index in [1.165, 1.54) is 6.07 Å². The smallest absolute Gasteiger partial charge is 0.320 e. The van der Waals surface area contributed by atoms with Crippen LogP contribution in [0.15, 0.2) is 36.4 Å². The number of fused-ring (bicyclic) bond motifs is 1. The van der Waals surface area contributed by atoms with Crippen molar-refractivity contribution >= 4 is 17.6 Å². The monoisotopic (exact) mass is 369 g/mol. The third-order valence-electron chi connectivity index (χ3n) is 4.91. The Morgan fingerprint density at radius 3 is 2.74 bits per heavy atom. The van der Waals surface area contributed by atoms with E-state index in [1.54, 1.807) is 19.2 Å². The quantitative estimate of drug-likeness (QED) is 0.646. The largest absolute Gasteiger partial charge is 0.496 e. The topological polar surface area (TPSA) is 114 Å². The molecule has 0 bridgehead atoms. The number of aliphatic hydroxyl groups excluding tert-OH is 1. The minimum Gasteiger partial charge on any atom is -0.496 e. The van der Waals surface area contributed by atoms with Crippen molar-refractivity contribution in [2.24, 2.45) is 5.73 Å².